The summed E-state index contributed by atoms with van der Waals surface area (Å²) < 4.78 is 0. The highest BCUT2D eigenvalue weighted by molar-refractivity contribution is 6.31. The molecular formula is C19H25ClN2O4. The van der Waals surface area contributed by atoms with Crippen molar-refractivity contribution in [3.8, 4) is 0 Å². The predicted octanol–water partition coefficient (Wildman–Crippen LogP) is 3.70. The van der Waals surface area contributed by atoms with Crippen LogP contribution in [-0.2, 0) is 9.59 Å². The largest absolute Gasteiger partial charge is 0.481 e. The van der Waals surface area contributed by atoms with Crippen LogP contribution < -0.4 is 10.6 Å². The fourth-order valence-corrected chi connectivity index (χ4v) is 3.85. The van der Waals surface area contributed by atoms with Crippen LogP contribution in [0.3, 0.4) is 0 Å². The number of rotatable bonds is 6. The van der Waals surface area contributed by atoms with Crippen molar-refractivity contribution in [3.05, 3.63) is 28.8 Å². The summed E-state index contributed by atoms with van der Waals surface area (Å²) in [7, 11) is 1.49. The van der Waals surface area contributed by atoms with Gasteiger partial charge in [0.05, 0.1) is 23.1 Å². The maximum absolute atomic E-state index is 13.1. The van der Waals surface area contributed by atoms with Gasteiger partial charge in [0.1, 0.15) is 0 Å². The summed E-state index contributed by atoms with van der Waals surface area (Å²) in [4.78, 5) is 36.6. The zero-order valence-electron chi connectivity index (χ0n) is 15.1. The molecule has 0 heterocycles. The summed E-state index contributed by atoms with van der Waals surface area (Å²) in [5.41, 5.74) is -0.466. The van der Waals surface area contributed by atoms with Crippen LogP contribution in [0.15, 0.2) is 18.2 Å². The molecule has 7 heteroatoms. The summed E-state index contributed by atoms with van der Waals surface area (Å²) in [5.74, 6) is -1.75. The first kappa shape index (κ1) is 20.2. The van der Waals surface area contributed by atoms with Gasteiger partial charge >= 0.3 is 5.97 Å². The highest BCUT2D eigenvalue weighted by atomic mass is 35.5. The molecule has 1 unspecified atom stereocenters. The molecule has 0 radical (unpaired) electrons. The molecule has 1 saturated carbocycles. The smallest absolute Gasteiger partial charge is 0.304 e. The van der Waals surface area contributed by atoms with Gasteiger partial charge in [0.2, 0.25) is 5.91 Å². The second kappa shape index (κ2) is 8.54. The predicted molar refractivity (Wildman–Crippen MR) is 100 cm³/mol. The van der Waals surface area contributed by atoms with Gasteiger partial charge in [-0.25, -0.2) is 0 Å². The fourth-order valence-electron chi connectivity index (χ4n) is 3.68. The molecule has 1 atom stereocenters. The van der Waals surface area contributed by atoms with E-state index < -0.39 is 11.4 Å². The number of carbonyl (C=O) groups excluding carboxylic acids is 2. The minimum absolute atomic E-state index is 0.00287. The molecule has 1 aliphatic rings. The summed E-state index contributed by atoms with van der Waals surface area (Å²) in [6, 6.07) is 4.62. The molecule has 1 aromatic rings. The van der Waals surface area contributed by atoms with Gasteiger partial charge in [-0.2, -0.15) is 0 Å². The van der Waals surface area contributed by atoms with E-state index in [1.807, 2.05) is 0 Å². The van der Waals surface area contributed by atoms with Crippen molar-refractivity contribution in [1.29, 1.82) is 0 Å². The number of aliphatic carboxylic acids is 1. The van der Waals surface area contributed by atoms with Crippen molar-refractivity contribution in [2.45, 2.75) is 45.4 Å². The van der Waals surface area contributed by atoms with E-state index in [0.29, 0.717) is 10.7 Å². The standard InChI is InChI=1S/C19H25ClN2O4/c1-19(11-16(23)24,12-6-4-3-5-7-12)18(26)22-15-9-8-13(20)10-14(15)17(25)21-2/h8-10,12H,3-7,11H2,1-2H3,(H,21,25)(H,22,26)(H,23,24). The number of anilines is 1. The number of hydrogen-bond acceptors (Lipinski definition) is 3. The van der Waals surface area contributed by atoms with Gasteiger partial charge in [-0.05, 0) is 43.9 Å². The third-order valence-corrected chi connectivity index (χ3v) is 5.48. The lowest BCUT2D eigenvalue weighted by Crippen LogP contribution is -2.43. The van der Waals surface area contributed by atoms with Crippen LogP contribution in [0.25, 0.3) is 0 Å². The van der Waals surface area contributed by atoms with Gasteiger partial charge < -0.3 is 15.7 Å². The lowest BCUT2D eigenvalue weighted by Gasteiger charge is -2.37. The SMILES string of the molecule is CNC(=O)c1cc(Cl)ccc1NC(=O)C(C)(CC(=O)O)C1CCCCC1. The van der Waals surface area contributed by atoms with Crippen molar-refractivity contribution < 1.29 is 19.5 Å². The van der Waals surface area contributed by atoms with Gasteiger partial charge in [0.15, 0.2) is 0 Å². The van der Waals surface area contributed by atoms with E-state index in [9.17, 15) is 19.5 Å². The molecule has 1 fully saturated rings. The Bertz CT molecular complexity index is 701. The van der Waals surface area contributed by atoms with Crippen molar-refractivity contribution in [2.75, 3.05) is 12.4 Å². The lowest BCUT2D eigenvalue weighted by atomic mass is 9.67. The lowest BCUT2D eigenvalue weighted by molar-refractivity contribution is -0.145. The molecule has 1 aromatic carbocycles. The van der Waals surface area contributed by atoms with Gasteiger partial charge in [0, 0.05) is 12.1 Å². The number of halogens is 1. The Hall–Kier alpha value is -2.08. The molecule has 0 aliphatic heterocycles. The van der Waals surface area contributed by atoms with Crippen LogP contribution >= 0.6 is 11.6 Å². The van der Waals surface area contributed by atoms with E-state index in [2.05, 4.69) is 10.6 Å². The summed E-state index contributed by atoms with van der Waals surface area (Å²) >= 11 is 5.96. The van der Waals surface area contributed by atoms with Gasteiger partial charge in [-0.1, -0.05) is 30.9 Å². The number of benzene rings is 1. The number of carboxylic acids is 1. The molecule has 0 saturated heterocycles. The van der Waals surface area contributed by atoms with E-state index in [1.165, 1.54) is 13.1 Å². The highest BCUT2D eigenvalue weighted by Crippen LogP contribution is 2.42. The number of carbonyl (C=O) groups is 3. The Morgan fingerprint density at radius 2 is 1.88 bits per heavy atom. The fraction of sp³-hybridized carbons (Fsp3) is 0.526. The van der Waals surface area contributed by atoms with Gasteiger partial charge in [-0.3, -0.25) is 14.4 Å². The zero-order chi connectivity index (χ0) is 19.3. The van der Waals surface area contributed by atoms with Crippen molar-refractivity contribution in [1.82, 2.24) is 5.32 Å². The zero-order valence-corrected chi connectivity index (χ0v) is 15.9. The monoisotopic (exact) mass is 380 g/mol. The first-order chi connectivity index (χ1) is 12.3. The Balaban J connectivity index is 2.32. The van der Waals surface area contributed by atoms with Crippen LogP contribution in [-0.4, -0.2) is 29.9 Å². The number of amides is 2. The Morgan fingerprint density at radius 3 is 2.46 bits per heavy atom. The third kappa shape index (κ3) is 4.55. The van der Waals surface area contributed by atoms with Crippen LogP contribution in [0.5, 0.6) is 0 Å². The van der Waals surface area contributed by atoms with E-state index in [0.717, 1.165) is 32.1 Å². The molecule has 2 amide bonds. The normalized spacial score (nSPS) is 17.2. The average Bonchev–Trinajstić information content (AvgIpc) is 2.62. The molecule has 1 aliphatic carbocycles. The van der Waals surface area contributed by atoms with Gasteiger partial charge in [0.25, 0.3) is 5.91 Å². The molecule has 3 N–H and O–H groups in total. The summed E-state index contributed by atoms with van der Waals surface area (Å²) in [5, 5.41) is 15.0. The molecule has 0 aromatic heterocycles. The van der Waals surface area contributed by atoms with Gasteiger partial charge in [-0.15, -0.1) is 0 Å². The highest BCUT2D eigenvalue weighted by Gasteiger charge is 2.43. The number of carboxylic acid groups (broad SMARTS) is 1. The molecule has 0 spiro atoms. The van der Waals surface area contributed by atoms with Crippen molar-refractivity contribution in [2.24, 2.45) is 11.3 Å². The maximum Gasteiger partial charge on any atom is 0.304 e. The van der Waals surface area contributed by atoms with E-state index >= 15 is 0 Å². The summed E-state index contributed by atoms with van der Waals surface area (Å²) in [6.07, 6.45) is 4.53. The number of hydrogen-bond donors (Lipinski definition) is 3. The van der Waals surface area contributed by atoms with Crippen molar-refractivity contribution >= 4 is 35.1 Å². The Labute approximate surface area is 158 Å². The maximum atomic E-state index is 13.1. The topological polar surface area (TPSA) is 95.5 Å². The van der Waals surface area contributed by atoms with Crippen LogP contribution in [0, 0.1) is 11.3 Å². The van der Waals surface area contributed by atoms with Crippen LogP contribution in [0.2, 0.25) is 5.02 Å². The van der Waals surface area contributed by atoms with Crippen molar-refractivity contribution in [3.63, 3.8) is 0 Å². The quantitative estimate of drug-likeness (QED) is 0.701. The molecule has 142 valence electrons. The molecule has 2 rings (SSSR count). The second-order valence-corrected chi connectivity index (χ2v) is 7.48. The average molecular weight is 381 g/mol. The van der Waals surface area contributed by atoms with Crippen LogP contribution in [0.4, 0.5) is 5.69 Å². The molecule has 26 heavy (non-hydrogen) atoms. The minimum Gasteiger partial charge on any atom is -0.481 e. The second-order valence-electron chi connectivity index (χ2n) is 7.05. The third-order valence-electron chi connectivity index (χ3n) is 5.24. The summed E-state index contributed by atoms with van der Waals surface area (Å²) in [6.45, 7) is 1.71. The first-order valence-corrected chi connectivity index (χ1v) is 9.20. The molecule has 0 bridgehead atoms. The number of nitrogens with one attached hydrogen (secondary N) is 2. The Morgan fingerprint density at radius 1 is 1.23 bits per heavy atom. The Kier molecular flexibility index (Phi) is 6.64. The molecule has 6 nitrogen and oxygen atoms in total. The van der Waals surface area contributed by atoms with E-state index in [-0.39, 0.29) is 29.7 Å². The molecular weight excluding hydrogens is 356 g/mol. The van der Waals surface area contributed by atoms with E-state index in [1.54, 1.807) is 19.1 Å². The first-order valence-electron chi connectivity index (χ1n) is 8.83. The minimum atomic E-state index is -1.04. The van der Waals surface area contributed by atoms with E-state index in [4.69, 9.17) is 11.6 Å². The van der Waals surface area contributed by atoms with Crippen LogP contribution in [0.1, 0.15) is 55.8 Å².